The molecule has 0 aromatic carbocycles. The Balaban J connectivity index is 2.95. The first-order valence-corrected chi connectivity index (χ1v) is 6.53. The van der Waals surface area contributed by atoms with E-state index in [-0.39, 0.29) is 0 Å². The Labute approximate surface area is 109 Å². The van der Waals surface area contributed by atoms with Crippen LogP contribution in [-0.4, -0.2) is 35.7 Å². The number of anilines is 1. The van der Waals surface area contributed by atoms with Crippen LogP contribution in [0.5, 0.6) is 5.88 Å². The summed E-state index contributed by atoms with van der Waals surface area (Å²) in [5, 5.41) is 0. The molecule has 0 saturated heterocycles. The predicted octanol–water partition coefficient (Wildman–Crippen LogP) is 1.75. The quantitative estimate of drug-likeness (QED) is 0.801. The molecule has 0 unspecified atom stereocenters. The zero-order valence-electron chi connectivity index (χ0n) is 11.8. The van der Waals surface area contributed by atoms with Crippen molar-refractivity contribution in [3.05, 3.63) is 11.8 Å². The summed E-state index contributed by atoms with van der Waals surface area (Å²) in [5.74, 6) is 1.34. The SMILES string of the molecule is CCCOc1cc(C)nc(N(CCN)C(C)C)n1. The van der Waals surface area contributed by atoms with Crippen LogP contribution in [-0.2, 0) is 0 Å². The van der Waals surface area contributed by atoms with E-state index in [0.717, 1.165) is 18.7 Å². The molecule has 102 valence electrons. The van der Waals surface area contributed by atoms with Crippen molar-refractivity contribution in [2.45, 2.75) is 40.2 Å². The molecule has 1 aromatic rings. The van der Waals surface area contributed by atoms with Gasteiger partial charge in [0.25, 0.3) is 0 Å². The minimum Gasteiger partial charge on any atom is -0.478 e. The Hall–Kier alpha value is -1.36. The Morgan fingerprint density at radius 3 is 2.67 bits per heavy atom. The van der Waals surface area contributed by atoms with Crippen LogP contribution in [0, 0.1) is 6.92 Å². The van der Waals surface area contributed by atoms with Crippen LogP contribution >= 0.6 is 0 Å². The normalized spacial score (nSPS) is 10.8. The van der Waals surface area contributed by atoms with E-state index in [1.807, 2.05) is 13.0 Å². The van der Waals surface area contributed by atoms with Gasteiger partial charge in [-0.15, -0.1) is 0 Å². The molecule has 5 heteroatoms. The smallest absolute Gasteiger partial charge is 0.229 e. The third-order valence-electron chi connectivity index (χ3n) is 2.52. The predicted molar refractivity (Wildman–Crippen MR) is 74.1 cm³/mol. The summed E-state index contributed by atoms with van der Waals surface area (Å²) in [6.07, 6.45) is 0.967. The lowest BCUT2D eigenvalue weighted by Crippen LogP contribution is -2.36. The number of nitrogens with two attached hydrogens (primary N) is 1. The molecule has 0 atom stereocenters. The maximum Gasteiger partial charge on any atom is 0.229 e. The first-order chi connectivity index (χ1) is 8.58. The van der Waals surface area contributed by atoms with Crippen LogP contribution in [0.1, 0.15) is 32.9 Å². The van der Waals surface area contributed by atoms with Crippen LogP contribution in [0.4, 0.5) is 5.95 Å². The van der Waals surface area contributed by atoms with E-state index in [4.69, 9.17) is 10.5 Å². The molecule has 0 spiro atoms. The summed E-state index contributed by atoms with van der Waals surface area (Å²) in [7, 11) is 0. The molecule has 2 N–H and O–H groups in total. The monoisotopic (exact) mass is 252 g/mol. The Morgan fingerprint density at radius 1 is 1.39 bits per heavy atom. The lowest BCUT2D eigenvalue weighted by Gasteiger charge is -2.26. The molecule has 0 aliphatic heterocycles. The van der Waals surface area contributed by atoms with E-state index < -0.39 is 0 Å². The summed E-state index contributed by atoms with van der Waals surface area (Å²) in [5.41, 5.74) is 6.54. The Bertz CT molecular complexity index is 368. The van der Waals surface area contributed by atoms with Crippen molar-refractivity contribution in [2.75, 3.05) is 24.6 Å². The second kappa shape index (κ2) is 7.16. The molecule has 0 bridgehead atoms. The largest absolute Gasteiger partial charge is 0.478 e. The van der Waals surface area contributed by atoms with Crippen LogP contribution in [0.3, 0.4) is 0 Å². The summed E-state index contributed by atoms with van der Waals surface area (Å²) in [4.78, 5) is 11.0. The molecule has 0 amide bonds. The number of aromatic nitrogens is 2. The fraction of sp³-hybridized carbons (Fsp3) is 0.692. The number of rotatable bonds is 7. The van der Waals surface area contributed by atoms with Gasteiger partial charge in [-0.25, -0.2) is 4.98 Å². The van der Waals surface area contributed by atoms with E-state index in [0.29, 0.717) is 31.0 Å². The average Bonchev–Trinajstić information content (AvgIpc) is 2.32. The van der Waals surface area contributed by atoms with Crippen molar-refractivity contribution in [3.8, 4) is 5.88 Å². The highest BCUT2D eigenvalue weighted by Crippen LogP contribution is 2.17. The third-order valence-corrected chi connectivity index (χ3v) is 2.52. The lowest BCUT2D eigenvalue weighted by atomic mass is 10.3. The van der Waals surface area contributed by atoms with Crippen molar-refractivity contribution in [1.29, 1.82) is 0 Å². The fourth-order valence-corrected chi connectivity index (χ4v) is 1.66. The molecule has 0 saturated carbocycles. The highest BCUT2D eigenvalue weighted by atomic mass is 16.5. The summed E-state index contributed by atoms with van der Waals surface area (Å²) < 4.78 is 5.58. The van der Waals surface area contributed by atoms with Gasteiger partial charge >= 0.3 is 0 Å². The van der Waals surface area contributed by atoms with Gasteiger partial charge in [0.15, 0.2) is 0 Å². The first-order valence-electron chi connectivity index (χ1n) is 6.53. The second-order valence-electron chi connectivity index (χ2n) is 4.57. The first kappa shape index (κ1) is 14.7. The van der Waals surface area contributed by atoms with Crippen LogP contribution < -0.4 is 15.4 Å². The maximum absolute atomic E-state index is 5.63. The molecule has 0 aliphatic rings. The van der Waals surface area contributed by atoms with E-state index in [1.165, 1.54) is 0 Å². The van der Waals surface area contributed by atoms with Crippen molar-refractivity contribution < 1.29 is 4.74 Å². The number of ether oxygens (including phenoxy) is 1. The van der Waals surface area contributed by atoms with Gasteiger partial charge in [0, 0.05) is 30.9 Å². The Morgan fingerprint density at radius 2 is 2.11 bits per heavy atom. The van der Waals surface area contributed by atoms with Crippen LogP contribution in [0.15, 0.2) is 6.07 Å². The average molecular weight is 252 g/mol. The van der Waals surface area contributed by atoms with Crippen molar-refractivity contribution in [1.82, 2.24) is 9.97 Å². The highest BCUT2D eigenvalue weighted by molar-refractivity contribution is 5.35. The van der Waals surface area contributed by atoms with Crippen molar-refractivity contribution in [2.24, 2.45) is 5.73 Å². The summed E-state index contributed by atoms with van der Waals surface area (Å²) in [6, 6.07) is 2.18. The lowest BCUT2D eigenvalue weighted by molar-refractivity contribution is 0.304. The zero-order chi connectivity index (χ0) is 13.5. The van der Waals surface area contributed by atoms with E-state index >= 15 is 0 Å². The van der Waals surface area contributed by atoms with Gasteiger partial charge in [-0.05, 0) is 27.2 Å². The third kappa shape index (κ3) is 4.14. The van der Waals surface area contributed by atoms with Gasteiger partial charge in [0.2, 0.25) is 11.8 Å². The molecular formula is C13H24N4O. The standard InChI is InChI=1S/C13H24N4O/c1-5-8-18-12-9-11(4)15-13(16-12)17(7-6-14)10(2)3/h9-10H,5-8,14H2,1-4H3. The minimum absolute atomic E-state index is 0.314. The van der Waals surface area contributed by atoms with Gasteiger partial charge in [0.05, 0.1) is 6.61 Å². The van der Waals surface area contributed by atoms with Gasteiger partial charge in [0.1, 0.15) is 0 Å². The zero-order valence-corrected chi connectivity index (χ0v) is 11.8. The fourth-order valence-electron chi connectivity index (χ4n) is 1.66. The molecule has 1 aromatic heterocycles. The van der Waals surface area contributed by atoms with Crippen LogP contribution in [0.25, 0.3) is 0 Å². The van der Waals surface area contributed by atoms with E-state index in [9.17, 15) is 0 Å². The molecular weight excluding hydrogens is 228 g/mol. The van der Waals surface area contributed by atoms with E-state index in [2.05, 4.69) is 35.6 Å². The van der Waals surface area contributed by atoms with Gasteiger partial charge in [-0.3, -0.25) is 0 Å². The number of aryl methyl sites for hydroxylation is 1. The number of hydrogen-bond donors (Lipinski definition) is 1. The number of nitrogens with zero attached hydrogens (tertiary/aromatic N) is 3. The second-order valence-corrected chi connectivity index (χ2v) is 4.57. The van der Waals surface area contributed by atoms with Gasteiger partial charge in [-0.2, -0.15) is 4.98 Å². The molecule has 0 radical (unpaired) electrons. The minimum atomic E-state index is 0.314. The maximum atomic E-state index is 5.63. The number of hydrogen-bond acceptors (Lipinski definition) is 5. The van der Waals surface area contributed by atoms with Crippen LogP contribution in [0.2, 0.25) is 0 Å². The van der Waals surface area contributed by atoms with Gasteiger partial charge < -0.3 is 15.4 Å². The summed E-state index contributed by atoms with van der Waals surface area (Å²) in [6.45, 7) is 10.2. The molecule has 0 aliphatic carbocycles. The topological polar surface area (TPSA) is 64.3 Å². The molecule has 0 fully saturated rings. The Kier molecular flexibility index (Phi) is 5.85. The molecule has 5 nitrogen and oxygen atoms in total. The van der Waals surface area contributed by atoms with Crippen molar-refractivity contribution in [3.63, 3.8) is 0 Å². The molecule has 18 heavy (non-hydrogen) atoms. The molecule has 1 rings (SSSR count). The highest BCUT2D eigenvalue weighted by Gasteiger charge is 2.14. The van der Waals surface area contributed by atoms with E-state index in [1.54, 1.807) is 0 Å². The van der Waals surface area contributed by atoms with Crippen molar-refractivity contribution >= 4 is 5.95 Å². The summed E-state index contributed by atoms with van der Waals surface area (Å²) >= 11 is 0. The van der Waals surface area contributed by atoms with Gasteiger partial charge in [-0.1, -0.05) is 6.92 Å². The molecule has 1 heterocycles.